The lowest BCUT2D eigenvalue weighted by molar-refractivity contribution is -0.137. The number of pyridine rings is 1. The Morgan fingerprint density at radius 2 is 2.05 bits per heavy atom. The zero-order chi connectivity index (χ0) is 16.1. The molecule has 120 valence electrons. The van der Waals surface area contributed by atoms with Gasteiger partial charge in [0.1, 0.15) is 5.82 Å². The van der Waals surface area contributed by atoms with Gasteiger partial charge in [0.25, 0.3) is 0 Å². The molecule has 9 heteroatoms. The SMILES string of the molecule is CCN(CCCNc1cc(C(F)(F)F)ccn1)S(C)(=O)=O. The van der Waals surface area contributed by atoms with E-state index in [1.807, 2.05) is 0 Å². The second-order valence-electron chi connectivity index (χ2n) is 4.46. The molecule has 0 fully saturated rings. The van der Waals surface area contributed by atoms with Gasteiger partial charge in [-0.05, 0) is 18.6 Å². The van der Waals surface area contributed by atoms with Crippen molar-refractivity contribution in [1.29, 1.82) is 0 Å². The van der Waals surface area contributed by atoms with Crippen LogP contribution >= 0.6 is 0 Å². The van der Waals surface area contributed by atoms with Crippen molar-refractivity contribution in [3.8, 4) is 0 Å². The quantitative estimate of drug-likeness (QED) is 0.781. The van der Waals surface area contributed by atoms with Crippen LogP contribution in [-0.2, 0) is 16.2 Å². The van der Waals surface area contributed by atoms with Crippen LogP contribution in [0, 0.1) is 0 Å². The van der Waals surface area contributed by atoms with Crippen LogP contribution in [0.3, 0.4) is 0 Å². The third-order valence-electron chi connectivity index (χ3n) is 2.80. The van der Waals surface area contributed by atoms with E-state index in [1.165, 1.54) is 4.31 Å². The van der Waals surface area contributed by atoms with Crippen LogP contribution in [0.1, 0.15) is 18.9 Å². The van der Waals surface area contributed by atoms with Gasteiger partial charge >= 0.3 is 6.18 Å². The van der Waals surface area contributed by atoms with Gasteiger partial charge < -0.3 is 5.32 Å². The summed E-state index contributed by atoms with van der Waals surface area (Å²) in [4.78, 5) is 3.80. The Hall–Kier alpha value is -1.35. The molecule has 0 aliphatic heterocycles. The van der Waals surface area contributed by atoms with Gasteiger partial charge in [-0.25, -0.2) is 17.7 Å². The Bertz CT molecular complexity index is 561. The topological polar surface area (TPSA) is 62.3 Å². The maximum Gasteiger partial charge on any atom is 0.416 e. The fourth-order valence-electron chi connectivity index (χ4n) is 1.73. The molecule has 1 rings (SSSR count). The fraction of sp³-hybridized carbons (Fsp3) is 0.583. The average molecular weight is 325 g/mol. The largest absolute Gasteiger partial charge is 0.416 e. The summed E-state index contributed by atoms with van der Waals surface area (Å²) in [5.74, 6) is 0.118. The number of halogens is 3. The highest BCUT2D eigenvalue weighted by Gasteiger charge is 2.30. The normalized spacial score (nSPS) is 12.7. The molecule has 0 bridgehead atoms. The number of hydrogen-bond acceptors (Lipinski definition) is 4. The fourth-order valence-corrected chi connectivity index (χ4v) is 2.66. The van der Waals surface area contributed by atoms with Crippen LogP contribution in [-0.4, -0.2) is 43.6 Å². The van der Waals surface area contributed by atoms with E-state index in [0.717, 1.165) is 24.6 Å². The Labute approximate surface area is 122 Å². The second-order valence-corrected chi connectivity index (χ2v) is 6.44. The van der Waals surface area contributed by atoms with Gasteiger partial charge in [-0.1, -0.05) is 6.92 Å². The summed E-state index contributed by atoms with van der Waals surface area (Å²) >= 11 is 0. The van der Waals surface area contributed by atoms with E-state index in [4.69, 9.17) is 0 Å². The van der Waals surface area contributed by atoms with Crippen molar-refractivity contribution >= 4 is 15.8 Å². The van der Waals surface area contributed by atoms with E-state index in [9.17, 15) is 21.6 Å². The number of sulfonamides is 1. The summed E-state index contributed by atoms with van der Waals surface area (Å²) in [7, 11) is -3.24. The lowest BCUT2D eigenvalue weighted by Gasteiger charge is -2.17. The third-order valence-corrected chi connectivity index (χ3v) is 4.18. The molecule has 0 radical (unpaired) electrons. The lowest BCUT2D eigenvalue weighted by Crippen LogP contribution is -2.31. The predicted octanol–water partition coefficient (Wildman–Crippen LogP) is 2.18. The standard InChI is InChI=1S/C12H18F3N3O2S/c1-3-18(21(2,19)20)8-4-6-16-11-9-10(5-7-17-11)12(13,14)15/h5,7,9H,3-4,6,8H2,1-2H3,(H,16,17). The molecule has 5 nitrogen and oxygen atoms in total. The van der Waals surface area contributed by atoms with Crippen molar-refractivity contribution < 1.29 is 21.6 Å². The highest BCUT2D eigenvalue weighted by atomic mass is 32.2. The number of alkyl halides is 3. The smallest absolute Gasteiger partial charge is 0.370 e. The maximum absolute atomic E-state index is 12.5. The molecule has 0 aromatic carbocycles. The highest BCUT2D eigenvalue weighted by molar-refractivity contribution is 7.88. The average Bonchev–Trinajstić information content (AvgIpc) is 2.36. The van der Waals surface area contributed by atoms with Crippen molar-refractivity contribution in [2.24, 2.45) is 0 Å². The Morgan fingerprint density at radius 1 is 1.38 bits per heavy atom. The minimum atomic E-state index is -4.41. The highest BCUT2D eigenvalue weighted by Crippen LogP contribution is 2.29. The molecule has 1 N–H and O–H groups in total. The van der Waals surface area contributed by atoms with Crippen LogP contribution in [0.5, 0.6) is 0 Å². The van der Waals surface area contributed by atoms with Gasteiger partial charge in [0.15, 0.2) is 0 Å². The molecule has 21 heavy (non-hydrogen) atoms. The number of aromatic nitrogens is 1. The zero-order valence-corrected chi connectivity index (χ0v) is 12.6. The molecule has 0 saturated heterocycles. The van der Waals surface area contributed by atoms with E-state index >= 15 is 0 Å². The molecule has 1 aromatic rings. The van der Waals surface area contributed by atoms with Gasteiger partial charge in [0.05, 0.1) is 11.8 Å². The lowest BCUT2D eigenvalue weighted by atomic mass is 10.2. The van der Waals surface area contributed by atoms with E-state index < -0.39 is 21.8 Å². The summed E-state index contributed by atoms with van der Waals surface area (Å²) in [6.45, 7) is 2.73. The Kier molecular flexibility index (Phi) is 5.97. The van der Waals surface area contributed by atoms with Crippen molar-refractivity contribution in [2.75, 3.05) is 31.2 Å². The predicted molar refractivity (Wildman–Crippen MR) is 74.4 cm³/mol. The van der Waals surface area contributed by atoms with E-state index in [2.05, 4.69) is 10.3 Å². The first-order valence-corrected chi connectivity index (χ1v) is 8.21. The molecule has 0 aliphatic carbocycles. The van der Waals surface area contributed by atoms with Gasteiger partial charge in [-0.2, -0.15) is 13.2 Å². The summed E-state index contributed by atoms with van der Waals surface area (Å²) in [6, 6.07) is 1.82. The van der Waals surface area contributed by atoms with Crippen LogP contribution < -0.4 is 5.32 Å². The molecule has 0 aliphatic rings. The van der Waals surface area contributed by atoms with E-state index in [-0.39, 0.29) is 5.82 Å². The van der Waals surface area contributed by atoms with Crippen LogP contribution in [0.4, 0.5) is 19.0 Å². The summed E-state index contributed by atoms with van der Waals surface area (Å²) in [5.41, 5.74) is -0.772. The second kappa shape index (κ2) is 7.08. The van der Waals surface area contributed by atoms with Gasteiger partial charge in [-0.15, -0.1) is 0 Å². The van der Waals surface area contributed by atoms with Crippen molar-refractivity contribution in [3.63, 3.8) is 0 Å². The van der Waals surface area contributed by atoms with Crippen molar-refractivity contribution in [2.45, 2.75) is 19.5 Å². The molecule has 0 unspecified atom stereocenters. The minimum Gasteiger partial charge on any atom is -0.370 e. The Morgan fingerprint density at radius 3 is 2.57 bits per heavy atom. The molecule has 1 aromatic heterocycles. The first kappa shape index (κ1) is 17.7. The summed E-state index contributed by atoms with van der Waals surface area (Å²) in [5, 5.41) is 2.76. The molecule has 0 amide bonds. The first-order valence-electron chi connectivity index (χ1n) is 6.37. The third kappa shape index (κ3) is 5.88. The van der Waals surface area contributed by atoms with Gasteiger partial charge in [0.2, 0.25) is 10.0 Å². The molecular weight excluding hydrogens is 307 g/mol. The van der Waals surface area contributed by atoms with E-state index in [1.54, 1.807) is 6.92 Å². The van der Waals surface area contributed by atoms with Gasteiger partial charge in [0, 0.05) is 25.8 Å². The number of nitrogens with one attached hydrogen (secondary N) is 1. The Balaban J connectivity index is 2.50. The number of nitrogens with zero attached hydrogens (tertiary/aromatic N) is 2. The molecular formula is C12H18F3N3O2S. The van der Waals surface area contributed by atoms with E-state index in [0.29, 0.717) is 26.1 Å². The van der Waals surface area contributed by atoms with Crippen molar-refractivity contribution in [3.05, 3.63) is 23.9 Å². The summed E-state index contributed by atoms with van der Waals surface area (Å²) < 4.78 is 61.5. The molecule has 0 atom stereocenters. The summed E-state index contributed by atoms with van der Waals surface area (Å²) in [6.07, 6.45) is -1.73. The van der Waals surface area contributed by atoms with Crippen molar-refractivity contribution in [1.82, 2.24) is 9.29 Å². The first-order chi connectivity index (χ1) is 9.64. The monoisotopic (exact) mass is 325 g/mol. The maximum atomic E-state index is 12.5. The molecule has 0 saturated carbocycles. The molecule has 1 heterocycles. The zero-order valence-electron chi connectivity index (χ0n) is 11.8. The number of hydrogen-bond donors (Lipinski definition) is 1. The van der Waals surface area contributed by atoms with Crippen LogP contribution in [0.25, 0.3) is 0 Å². The molecule has 0 spiro atoms. The van der Waals surface area contributed by atoms with Crippen LogP contribution in [0.15, 0.2) is 18.3 Å². The van der Waals surface area contributed by atoms with Gasteiger partial charge in [-0.3, -0.25) is 0 Å². The minimum absolute atomic E-state index is 0.118. The van der Waals surface area contributed by atoms with Crippen LogP contribution in [0.2, 0.25) is 0 Å². The number of rotatable bonds is 7. The number of anilines is 1.